The number of nitro benzene ring substituents is 1. The molecule has 0 amide bonds. The number of hydrogen-bond donors (Lipinski definition) is 1. The Balaban J connectivity index is 3.05. The molecule has 0 unspecified atom stereocenters. The first-order valence-electron chi connectivity index (χ1n) is 6.43. The zero-order valence-electron chi connectivity index (χ0n) is 11.5. The van der Waals surface area contributed by atoms with Gasteiger partial charge in [0.2, 0.25) is 0 Å². The molecule has 106 valence electrons. The van der Waals surface area contributed by atoms with Crippen LogP contribution >= 0.6 is 0 Å². The van der Waals surface area contributed by atoms with E-state index in [0.29, 0.717) is 31.1 Å². The zero-order chi connectivity index (χ0) is 14.3. The van der Waals surface area contributed by atoms with Gasteiger partial charge < -0.3 is 15.4 Å². The smallest absolute Gasteiger partial charge is 0.333 e. The largest absolute Gasteiger partial charge is 0.487 e. The third-order valence-corrected chi connectivity index (χ3v) is 2.73. The quantitative estimate of drug-likeness (QED) is 0.576. The maximum Gasteiger partial charge on any atom is 0.333 e. The van der Waals surface area contributed by atoms with Crippen molar-refractivity contribution in [2.24, 2.45) is 5.73 Å². The SMILES string of the molecule is CCCOc1cccc(N(C)CCCN)c1[N+](=O)[O-]. The van der Waals surface area contributed by atoms with E-state index in [1.165, 1.54) is 0 Å². The molecule has 2 N–H and O–H groups in total. The maximum atomic E-state index is 11.3. The van der Waals surface area contributed by atoms with Gasteiger partial charge in [0.25, 0.3) is 0 Å². The highest BCUT2D eigenvalue weighted by Gasteiger charge is 2.23. The van der Waals surface area contributed by atoms with Crippen LogP contribution in [0.5, 0.6) is 5.75 Å². The van der Waals surface area contributed by atoms with Crippen molar-refractivity contribution in [3.8, 4) is 5.75 Å². The Kier molecular flexibility index (Phi) is 6.08. The summed E-state index contributed by atoms with van der Waals surface area (Å²) in [7, 11) is 1.82. The Hall–Kier alpha value is -1.82. The average molecular weight is 267 g/mol. The second kappa shape index (κ2) is 7.58. The fraction of sp³-hybridized carbons (Fsp3) is 0.538. The fourth-order valence-electron chi connectivity index (χ4n) is 1.78. The van der Waals surface area contributed by atoms with Gasteiger partial charge in [0.05, 0.1) is 11.5 Å². The number of rotatable bonds is 8. The van der Waals surface area contributed by atoms with Crippen molar-refractivity contribution in [2.75, 3.05) is 31.6 Å². The molecule has 6 heteroatoms. The van der Waals surface area contributed by atoms with Crippen molar-refractivity contribution in [1.29, 1.82) is 0 Å². The number of benzene rings is 1. The molecular weight excluding hydrogens is 246 g/mol. The van der Waals surface area contributed by atoms with Crippen LogP contribution in [0.3, 0.4) is 0 Å². The Bertz CT molecular complexity index is 424. The van der Waals surface area contributed by atoms with Crippen LogP contribution in [0.25, 0.3) is 0 Å². The number of nitro groups is 1. The molecular formula is C13H21N3O3. The van der Waals surface area contributed by atoms with Gasteiger partial charge in [-0.1, -0.05) is 13.0 Å². The van der Waals surface area contributed by atoms with Gasteiger partial charge in [0.15, 0.2) is 5.75 Å². The van der Waals surface area contributed by atoms with Crippen molar-refractivity contribution >= 4 is 11.4 Å². The monoisotopic (exact) mass is 267 g/mol. The minimum Gasteiger partial charge on any atom is -0.487 e. The summed E-state index contributed by atoms with van der Waals surface area (Å²) in [6, 6.07) is 5.13. The summed E-state index contributed by atoms with van der Waals surface area (Å²) in [4.78, 5) is 12.7. The summed E-state index contributed by atoms with van der Waals surface area (Å²) in [5.74, 6) is 0.323. The first-order valence-corrected chi connectivity index (χ1v) is 6.43. The van der Waals surface area contributed by atoms with Gasteiger partial charge in [-0.15, -0.1) is 0 Å². The molecule has 0 saturated carbocycles. The topological polar surface area (TPSA) is 81.6 Å². The molecule has 0 atom stereocenters. The Morgan fingerprint density at radius 3 is 2.79 bits per heavy atom. The third kappa shape index (κ3) is 4.10. The van der Waals surface area contributed by atoms with Gasteiger partial charge in [-0.25, -0.2) is 0 Å². The molecule has 1 aromatic carbocycles. The molecule has 0 radical (unpaired) electrons. The van der Waals surface area contributed by atoms with Gasteiger partial charge in [-0.05, 0) is 31.5 Å². The average Bonchev–Trinajstić information content (AvgIpc) is 2.41. The normalized spacial score (nSPS) is 10.3. The highest BCUT2D eigenvalue weighted by atomic mass is 16.6. The molecule has 0 fully saturated rings. The van der Waals surface area contributed by atoms with E-state index in [4.69, 9.17) is 10.5 Å². The predicted molar refractivity (Wildman–Crippen MR) is 75.8 cm³/mol. The van der Waals surface area contributed by atoms with Crippen molar-refractivity contribution in [2.45, 2.75) is 19.8 Å². The number of para-hydroxylation sites is 1. The first kappa shape index (κ1) is 15.2. The molecule has 0 saturated heterocycles. The Morgan fingerprint density at radius 2 is 2.21 bits per heavy atom. The summed E-state index contributed by atoms with van der Waals surface area (Å²) in [5, 5.41) is 11.3. The zero-order valence-corrected chi connectivity index (χ0v) is 11.5. The lowest BCUT2D eigenvalue weighted by molar-refractivity contribution is -0.385. The third-order valence-electron chi connectivity index (χ3n) is 2.73. The second-order valence-corrected chi connectivity index (χ2v) is 4.29. The minimum atomic E-state index is -0.390. The molecule has 0 aliphatic heterocycles. The van der Waals surface area contributed by atoms with Gasteiger partial charge >= 0.3 is 5.69 Å². The predicted octanol–water partition coefficient (Wildman–Crippen LogP) is 2.17. The number of nitrogens with two attached hydrogens (primary N) is 1. The van der Waals surface area contributed by atoms with Crippen molar-refractivity contribution in [3.05, 3.63) is 28.3 Å². The van der Waals surface area contributed by atoms with Crippen LogP contribution < -0.4 is 15.4 Å². The molecule has 1 aromatic rings. The Labute approximate surface area is 113 Å². The van der Waals surface area contributed by atoms with Crippen LogP contribution in [-0.2, 0) is 0 Å². The van der Waals surface area contributed by atoms with Crippen LogP contribution in [0, 0.1) is 10.1 Å². The number of hydrogen-bond acceptors (Lipinski definition) is 5. The van der Waals surface area contributed by atoms with Crippen LogP contribution in [0.4, 0.5) is 11.4 Å². The Morgan fingerprint density at radius 1 is 1.47 bits per heavy atom. The number of nitrogens with zero attached hydrogens (tertiary/aromatic N) is 2. The van der Waals surface area contributed by atoms with Crippen molar-refractivity contribution in [1.82, 2.24) is 0 Å². The fourth-order valence-corrected chi connectivity index (χ4v) is 1.78. The lowest BCUT2D eigenvalue weighted by atomic mass is 10.2. The number of anilines is 1. The van der Waals surface area contributed by atoms with E-state index in [1.807, 2.05) is 18.9 Å². The summed E-state index contributed by atoms with van der Waals surface area (Å²) in [5.41, 5.74) is 6.05. The van der Waals surface area contributed by atoms with E-state index < -0.39 is 0 Å². The molecule has 0 aromatic heterocycles. The van der Waals surface area contributed by atoms with Gasteiger partial charge in [0.1, 0.15) is 5.69 Å². The van der Waals surface area contributed by atoms with Gasteiger partial charge in [-0.2, -0.15) is 0 Å². The van der Waals surface area contributed by atoms with E-state index in [0.717, 1.165) is 12.8 Å². The van der Waals surface area contributed by atoms with E-state index in [2.05, 4.69) is 0 Å². The molecule has 6 nitrogen and oxygen atoms in total. The summed E-state index contributed by atoms with van der Waals surface area (Å²) in [6.45, 7) is 3.67. The molecule has 1 rings (SSSR count). The molecule has 19 heavy (non-hydrogen) atoms. The van der Waals surface area contributed by atoms with Crippen LogP contribution in [0.1, 0.15) is 19.8 Å². The molecule has 0 aliphatic rings. The summed E-state index contributed by atoms with van der Waals surface area (Å²) < 4.78 is 5.45. The van der Waals surface area contributed by atoms with E-state index >= 15 is 0 Å². The van der Waals surface area contributed by atoms with Gasteiger partial charge in [-0.3, -0.25) is 10.1 Å². The standard InChI is InChI=1S/C13H21N3O3/c1-3-10-19-12-7-4-6-11(13(12)16(17)18)15(2)9-5-8-14/h4,6-7H,3,5,8-10,14H2,1-2H3. The number of ether oxygens (including phenoxy) is 1. The van der Waals surface area contributed by atoms with Gasteiger partial charge in [0, 0.05) is 13.6 Å². The first-order chi connectivity index (χ1) is 9.11. The van der Waals surface area contributed by atoms with Crippen molar-refractivity contribution in [3.63, 3.8) is 0 Å². The maximum absolute atomic E-state index is 11.3. The molecule has 0 aliphatic carbocycles. The van der Waals surface area contributed by atoms with Crippen LogP contribution in [0.15, 0.2) is 18.2 Å². The van der Waals surface area contributed by atoms with E-state index in [9.17, 15) is 10.1 Å². The molecule has 0 bridgehead atoms. The second-order valence-electron chi connectivity index (χ2n) is 4.29. The minimum absolute atomic E-state index is 0.0236. The summed E-state index contributed by atoms with van der Waals surface area (Å²) in [6.07, 6.45) is 1.60. The summed E-state index contributed by atoms with van der Waals surface area (Å²) >= 11 is 0. The van der Waals surface area contributed by atoms with Crippen LogP contribution in [0.2, 0.25) is 0 Å². The van der Waals surface area contributed by atoms with Crippen molar-refractivity contribution < 1.29 is 9.66 Å². The molecule has 0 spiro atoms. The highest BCUT2D eigenvalue weighted by molar-refractivity contribution is 5.69. The van der Waals surface area contributed by atoms with E-state index in [-0.39, 0.29) is 10.6 Å². The van der Waals surface area contributed by atoms with E-state index in [1.54, 1.807) is 18.2 Å². The lowest BCUT2D eigenvalue weighted by Gasteiger charge is -2.19. The lowest BCUT2D eigenvalue weighted by Crippen LogP contribution is -2.22. The highest BCUT2D eigenvalue weighted by Crippen LogP contribution is 2.36. The molecule has 0 heterocycles. The van der Waals surface area contributed by atoms with Crippen LogP contribution in [-0.4, -0.2) is 31.7 Å².